The van der Waals surface area contributed by atoms with Crippen LogP contribution in [-0.2, 0) is 17.9 Å². The fraction of sp³-hybridized carbons (Fsp3) is 0.111. The van der Waals surface area contributed by atoms with E-state index in [0.717, 1.165) is 21.6 Å². The molecule has 0 spiro atoms. The van der Waals surface area contributed by atoms with Crippen molar-refractivity contribution in [3.63, 3.8) is 0 Å². The molecule has 0 unspecified atom stereocenters. The Labute approximate surface area is 138 Å². The molecule has 0 aliphatic heterocycles. The Balaban J connectivity index is 1.52. The van der Waals surface area contributed by atoms with Crippen LogP contribution in [0.5, 0.6) is 0 Å². The van der Waals surface area contributed by atoms with E-state index in [2.05, 4.69) is 10.3 Å². The molecule has 0 saturated carbocycles. The highest BCUT2D eigenvalue weighted by molar-refractivity contribution is 7.13. The van der Waals surface area contributed by atoms with Gasteiger partial charge in [0, 0.05) is 29.4 Å². The Morgan fingerprint density at radius 2 is 1.96 bits per heavy atom. The highest BCUT2D eigenvalue weighted by atomic mass is 32.1. The summed E-state index contributed by atoms with van der Waals surface area (Å²) in [6, 6.07) is 15.7. The van der Waals surface area contributed by atoms with Gasteiger partial charge >= 0.3 is 6.09 Å². The molecule has 23 heavy (non-hydrogen) atoms. The molecule has 2 aromatic heterocycles. The molecule has 116 valence electrons. The van der Waals surface area contributed by atoms with E-state index >= 15 is 0 Å². The molecule has 0 aliphatic rings. The van der Waals surface area contributed by atoms with Crippen LogP contribution in [0.25, 0.3) is 10.4 Å². The maximum absolute atomic E-state index is 11.8. The van der Waals surface area contributed by atoms with Crippen molar-refractivity contribution in [2.75, 3.05) is 0 Å². The summed E-state index contributed by atoms with van der Waals surface area (Å²) in [7, 11) is 0. The first-order valence-corrected chi connectivity index (χ1v) is 8.11. The third-order valence-corrected chi connectivity index (χ3v) is 4.17. The number of amides is 1. The second kappa shape index (κ2) is 7.56. The first-order valence-electron chi connectivity index (χ1n) is 7.23. The van der Waals surface area contributed by atoms with E-state index in [0.29, 0.717) is 6.54 Å². The largest absolute Gasteiger partial charge is 0.445 e. The Morgan fingerprint density at radius 3 is 2.74 bits per heavy atom. The monoisotopic (exact) mass is 324 g/mol. The van der Waals surface area contributed by atoms with E-state index in [1.807, 2.05) is 60.1 Å². The number of carbonyl (C=O) groups is 1. The van der Waals surface area contributed by atoms with Crippen molar-refractivity contribution in [3.05, 3.63) is 77.4 Å². The van der Waals surface area contributed by atoms with Gasteiger partial charge in [0.15, 0.2) is 0 Å². The van der Waals surface area contributed by atoms with E-state index in [1.54, 1.807) is 17.5 Å². The van der Waals surface area contributed by atoms with Gasteiger partial charge in [-0.25, -0.2) is 4.79 Å². The molecule has 1 aromatic carbocycles. The lowest BCUT2D eigenvalue weighted by Gasteiger charge is -2.08. The Kier molecular flexibility index (Phi) is 5.01. The molecule has 5 heteroatoms. The number of rotatable bonds is 5. The van der Waals surface area contributed by atoms with Gasteiger partial charge in [0.1, 0.15) is 6.61 Å². The number of carbonyl (C=O) groups excluding carboxylic acids is 1. The minimum Gasteiger partial charge on any atom is -0.445 e. The summed E-state index contributed by atoms with van der Waals surface area (Å²) in [5.74, 6) is 0. The van der Waals surface area contributed by atoms with Crippen LogP contribution in [-0.4, -0.2) is 11.1 Å². The molecule has 0 bridgehead atoms. The van der Waals surface area contributed by atoms with Crippen LogP contribution in [0.2, 0.25) is 0 Å². The number of benzene rings is 1. The highest BCUT2D eigenvalue weighted by Crippen LogP contribution is 2.24. The number of hydrogen-bond donors (Lipinski definition) is 1. The molecule has 1 N–H and O–H groups in total. The van der Waals surface area contributed by atoms with Crippen molar-refractivity contribution in [2.24, 2.45) is 0 Å². The van der Waals surface area contributed by atoms with Crippen molar-refractivity contribution in [1.29, 1.82) is 0 Å². The lowest BCUT2D eigenvalue weighted by atomic mass is 10.2. The van der Waals surface area contributed by atoms with Crippen molar-refractivity contribution in [3.8, 4) is 10.4 Å². The highest BCUT2D eigenvalue weighted by Gasteiger charge is 2.05. The zero-order valence-electron chi connectivity index (χ0n) is 12.4. The molecular weight excluding hydrogens is 308 g/mol. The third-order valence-electron chi connectivity index (χ3n) is 3.25. The molecule has 0 atom stereocenters. The summed E-state index contributed by atoms with van der Waals surface area (Å²) in [6.07, 6.45) is 3.13. The molecule has 2 heterocycles. The molecule has 1 amide bonds. The van der Waals surface area contributed by atoms with Gasteiger partial charge in [-0.15, -0.1) is 11.3 Å². The van der Waals surface area contributed by atoms with Crippen LogP contribution in [0.1, 0.15) is 11.1 Å². The van der Waals surface area contributed by atoms with Gasteiger partial charge in [0.25, 0.3) is 0 Å². The first kappa shape index (κ1) is 15.2. The maximum atomic E-state index is 11.8. The van der Waals surface area contributed by atoms with Crippen LogP contribution in [0, 0.1) is 0 Å². The second-order valence-electron chi connectivity index (χ2n) is 4.97. The number of alkyl carbamates (subject to hydrolysis) is 1. The van der Waals surface area contributed by atoms with Crippen LogP contribution in [0.3, 0.4) is 0 Å². The van der Waals surface area contributed by atoms with Crippen LogP contribution < -0.4 is 5.32 Å². The van der Waals surface area contributed by atoms with Gasteiger partial charge in [-0.3, -0.25) is 4.98 Å². The zero-order valence-corrected chi connectivity index (χ0v) is 13.3. The number of nitrogens with zero attached hydrogens (tertiary/aromatic N) is 1. The Morgan fingerprint density at radius 1 is 1.09 bits per heavy atom. The van der Waals surface area contributed by atoms with Gasteiger partial charge in [-0.1, -0.05) is 36.4 Å². The number of thiophene rings is 1. The smallest absolute Gasteiger partial charge is 0.407 e. The van der Waals surface area contributed by atoms with Crippen LogP contribution >= 0.6 is 11.3 Å². The van der Waals surface area contributed by atoms with E-state index in [1.165, 1.54) is 0 Å². The molecule has 3 rings (SSSR count). The average molecular weight is 324 g/mol. The summed E-state index contributed by atoms with van der Waals surface area (Å²) < 4.78 is 5.18. The van der Waals surface area contributed by atoms with Crippen molar-refractivity contribution in [1.82, 2.24) is 10.3 Å². The predicted molar refractivity (Wildman–Crippen MR) is 91.0 cm³/mol. The molecule has 0 fully saturated rings. The van der Waals surface area contributed by atoms with Crippen LogP contribution in [0.4, 0.5) is 4.79 Å². The summed E-state index contributed by atoms with van der Waals surface area (Å²) >= 11 is 1.66. The SMILES string of the molecule is O=C(NCc1cncc(-c2cccs2)c1)OCc1ccccc1. The molecule has 3 aromatic rings. The summed E-state index contributed by atoms with van der Waals surface area (Å²) in [5, 5.41) is 4.77. The number of pyridine rings is 1. The summed E-state index contributed by atoms with van der Waals surface area (Å²) in [4.78, 5) is 17.1. The third kappa shape index (κ3) is 4.40. The topological polar surface area (TPSA) is 51.2 Å². The van der Waals surface area contributed by atoms with E-state index in [9.17, 15) is 4.79 Å². The minimum atomic E-state index is -0.435. The molecule has 0 saturated heterocycles. The van der Waals surface area contributed by atoms with Gasteiger partial charge < -0.3 is 10.1 Å². The summed E-state index contributed by atoms with van der Waals surface area (Å²) in [6.45, 7) is 0.653. The first-order chi connectivity index (χ1) is 11.3. The lowest BCUT2D eigenvalue weighted by Crippen LogP contribution is -2.23. The van der Waals surface area contributed by atoms with Crippen molar-refractivity contribution < 1.29 is 9.53 Å². The maximum Gasteiger partial charge on any atom is 0.407 e. The molecule has 0 radical (unpaired) electrons. The van der Waals surface area contributed by atoms with Gasteiger partial charge in [-0.05, 0) is 28.6 Å². The number of hydrogen-bond acceptors (Lipinski definition) is 4. The van der Waals surface area contributed by atoms with Crippen molar-refractivity contribution >= 4 is 17.4 Å². The number of aromatic nitrogens is 1. The fourth-order valence-corrected chi connectivity index (χ4v) is 2.82. The van der Waals surface area contributed by atoms with Gasteiger partial charge in [0.2, 0.25) is 0 Å². The molecule has 0 aliphatic carbocycles. The molecule has 4 nitrogen and oxygen atoms in total. The zero-order chi connectivity index (χ0) is 15.9. The summed E-state index contributed by atoms with van der Waals surface area (Å²) in [5.41, 5.74) is 2.95. The number of nitrogens with one attached hydrogen (secondary N) is 1. The quantitative estimate of drug-likeness (QED) is 0.764. The normalized spacial score (nSPS) is 10.3. The Bertz CT molecular complexity index is 758. The van der Waals surface area contributed by atoms with Gasteiger partial charge in [0.05, 0.1) is 0 Å². The van der Waals surface area contributed by atoms with E-state index in [4.69, 9.17) is 4.74 Å². The Hall–Kier alpha value is -2.66. The predicted octanol–water partition coefficient (Wildman–Crippen LogP) is 4.24. The average Bonchev–Trinajstić information content (AvgIpc) is 3.14. The standard InChI is InChI=1S/C18H16N2O2S/c21-18(22-13-14-5-2-1-3-6-14)20-11-15-9-16(12-19-10-15)17-7-4-8-23-17/h1-10,12H,11,13H2,(H,20,21). The van der Waals surface area contributed by atoms with E-state index < -0.39 is 6.09 Å². The van der Waals surface area contributed by atoms with Crippen molar-refractivity contribution in [2.45, 2.75) is 13.2 Å². The lowest BCUT2D eigenvalue weighted by molar-refractivity contribution is 0.139. The molecular formula is C18H16N2O2S. The second-order valence-corrected chi connectivity index (χ2v) is 5.92. The number of ether oxygens (including phenoxy) is 1. The van der Waals surface area contributed by atoms with Crippen LogP contribution in [0.15, 0.2) is 66.3 Å². The van der Waals surface area contributed by atoms with Gasteiger partial charge in [-0.2, -0.15) is 0 Å². The fourth-order valence-electron chi connectivity index (χ4n) is 2.11. The van der Waals surface area contributed by atoms with E-state index in [-0.39, 0.29) is 6.61 Å². The minimum absolute atomic E-state index is 0.264.